The van der Waals surface area contributed by atoms with Gasteiger partial charge in [-0.25, -0.2) is 19.3 Å². The normalized spacial score (nSPS) is 13.7. The molecule has 2 aromatic heterocycles. The monoisotopic (exact) mass is 416 g/mol. The summed E-state index contributed by atoms with van der Waals surface area (Å²) in [6, 6.07) is 14.4. The summed E-state index contributed by atoms with van der Waals surface area (Å²) in [7, 11) is 2.05. The Bertz CT molecular complexity index is 1230. The fourth-order valence-electron chi connectivity index (χ4n) is 3.77. The van der Waals surface area contributed by atoms with Crippen LogP contribution in [0.25, 0.3) is 22.2 Å². The van der Waals surface area contributed by atoms with Crippen LogP contribution in [0, 0.1) is 5.82 Å². The molecular weight excluding hydrogens is 395 g/mol. The molecule has 0 spiro atoms. The van der Waals surface area contributed by atoms with Crippen LogP contribution in [0.1, 0.15) is 24.2 Å². The van der Waals surface area contributed by atoms with Gasteiger partial charge in [-0.1, -0.05) is 0 Å². The molecule has 1 aliphatic heterocycles. The molecule has 7 heteroatoms. The molecule has 0 fully saturated rings. The molecule has 0 amide bonds. The summed E-state index contributed by atoms with van der Waals surface area (Å²) in [5.41, 5.74) is 4.45. The first-order chi connectivity index (χ1) is 15.1. The number of rotatable bonds is 5. The van der Waals surface area contributed by atoms with Gasteiger partial charge >= 0.3 is 0 Å². The molecule has 0 saturated carbocycles. The van der Waals surface area contributed by atoms with Crippen LogP contribution in [0.3, 0.4) is 0 Å². The molecule has 3 heterocycles. The highest BCUT2D eigenvalue weighted by Gasteiger charge is 2.20. The highest BCUT2D eigenvalue weighted by Crippen LogP contribution is 2.37. The third-order valence-corrected chi connectivity index (χ3v) is 5.62. The van der Waals surface area contributed by atoms with Crippen LogP contribution < -0.4 is 9.47 Å². The quantitative estimate of drug-likeness (QED) is 0.468. The van der Waals surface area contributed by atoms with Crippen molar-refractivity contribution in [2.24, 2.45) is 0 Å². The molecule has 156 valence electrons. The Balaban J connectivity index is 1.58. The molecule has 0 unspecified atom stereocenters. The van der Waals surface area contributed by atoms with Crippen molar-refractivity contribution in [3.8, 4) is 22.8 Å². The number of benzene rings is 2. The van der Waals surface area contributed by atoms with Crippen molar-refractivity contribution in [3.05, 3.63) is 78.1 Å². The minimum atomic E-state index is -0.274. The zero-order valence-electron chi connectivity index (χ0n) is 17.2. The molecule has 0 radical (unpaired) electrons. The Morgan fingerprint density at radius 1 is 1.06 bits per heavy atom. The van der Waals surface area contributed by atoms with Crippen molar-refractivity contribution in [1.82, 2.24) is 19.9 Å². The predicted octanol–water partition coefficient (Wildman–Crippen LogP) is 4.75. The lowest BCUT2D eigenvalue weighted by molar-refractivity contribution is 0.174. The maximum Gasteiger partial charge on any atom is 0.231 e. The standard InChI is InChI=1S/C24H21FN4O2/c1-15(20-7-8-26-13-27-20)29(2)12-18-9-17-10-22-23(31-14-30-22)11-21(17)28-24(18)16-3-5-19(25)6-4-16/h3-11,13,15H,12,14H2,1-2H3/t15-/m0/s1. The second kappa shape index (κ2) is 7.92. The van der Waals surface area contributed by atoms with E-state index in [0.29, 0.717) is 12.3 Å². The van der Waals surface area contributed by atoms with Crippen LogP contribution in [0.2, 0.25) is 0 Å². The van der Waals surface area contributed by atoms with Crippen molar-refractivity contribution >= 4 is 10.9 Å². The first-order valence-corrected chi connectivity index (χ1v) is 10.0. The van der Waals surface area contributed by atoms with Crippen molar-refractivity contribution in [3.63, 3.8) is 0 Å². The topological polar surface area (TPSA) is 60.4 Å². The van der Waals surface area contributed by atoms with E-state index >= 15 is 0 Å². The van der Waals surface area contributed by atoms with Crippen LogP contribution in [0.5, 0.6) is 11.5 Å². The Labute approximate surface area is 179 Å². The van der Waals surface area contributed by atoms with Crippen LogP contribution in [-0.4, -0.2) is 33.7 Å². The Kier molecular flexibility index (Phi) is 4.95. The van der Waals surface area contributed by atoms with Crippen LogP contribution in [0.15, 0.2) is 61.1 Å². The van der Waals surface area contributed by atoms with Gasteiger partial charge in [-0.2, -0.15) is 0 Å². The summed E-state index contributed by atoms with van der Waals surface area (Å²) in [6.07, 6.45) is 3.31. The van der Waals surface area contributed by atoms with Gasteiger partial charge in [-0.15, -0.1) is 0 Å². The maximum atomic E-state index is 13.5. The summed E-state index contributed by atoms with van der Waals surface area (Å²) in [5.74, 6) is 1.13. The zero-order chi connectivity index (χ0) is 21.4. The van der Waals surface area contributed by atoms with E-state index in [1.807, 2.05) is 25.2 Å². The maximum absolute atomic E-state index is 13.5. The van der Waals surface area contributed by atoms with Gasteiger partial charge in [0.1, 0.15) is 12.1 Å². The summed E-state index contributed by atoms with van der Waals surface area (Å²) in [5, 5.41) is 0.966. The number of nitrogens with zero attached hydrogens (tertiary/aromatic N) is 4. The highest BCUT2D eigenvalue weighted by molar-refractivity contribution is 5.86. The van der Waals surface area contributed by atoms with Crippen molar-refractivity contribution in [2.75, 3.05) is 13.8 Å². The third-order valence-electron chi connectivity index (χ3n) is 5.62. The van der Waals surface area contributed by atoms with E-state index in [1.165, 1.54) is 12.1 Å². The van der Waals surface area contributed by atoms with E-state index in [2.05, 4.69) is 27.9 Å². The molecule has 1 aliphatic rings. The summed E-state index contributed by atoms with van der Waals surface area (Å²) in [6.45, 7) is 2.95. The number of pyridine rings is 1. The van der Waals surface area contributed by atoms with Gasteiger partial charge in [0.25, 0.3) is 0 Å². The average Bonchev–Trinajstić information content (AvgIpc) is 3.25. The van der Waals surface area contributed by atoms with Crippen molar-refractivity contribution in [1.29, 1.82) is 0 Å². The van der Waals surface area contributed by atoms with Crippen LogP contribution in [0.4, 0.5) is 4.39 Å². The van der Waals surface area contributed by atoms with Gasteiger partial charge < -0.3 is 9.47 Å². The van der Waals surface area contributed by atoms with Gasteiger partial charge in [0.05, 0.1) is 16.9 Å². The fraction of sp³-hybridized carbons (Fsp3) is 0.208. The Hall–Kier alpha value is -3.58. The molecule has 0 saturated heterocycles. The fourth-order valence-corrected chi connectivity index (χ4v) is 3.77. The van der Waals surface area contributed by atoms with E-state index in [-0.39, 0.29) is 18.7 Å². The SMILES string of the molecule is C[C@@H](c1ccncn1)N(C)Cc1cc2cc3c(cc2nc1-c1ccc(F)cc1)OCO3. The molecule has 2 aromatic carbocycles. The van der Waals surface area contributed by atoms with E-state index < -0.39 is 0 Å². The molecule has 5 rings (SSSR count). The Morgan fingerprint density at radius 2 is 1.84 bits per heavy atom. The predicted molar refractivity (Wildman–Crippen MR) is 115 cm³/mol. The van der Waals surface area contributed by atoms with Gasteiger partial charge in [-0.05, 0) is 62.0 Å². The first-order valence-electron chi connectivity index (χ1n) is 10.0. The van der Waals surface area contributed by atoms with Crippen molar-refractivity contribution in [2.45, 2.75) is 19.5 Å². The van der Waals surface area contributed by atoms with E-state index in [1.54, 1.807) is 24.7 Å². The number of hydrogen-bond donors (Lipinski definition) is 0. The molecule has 1 atom stereocenters. The largest absolute Gasteiger partial charge is 0.454 e. The number of halogens is 1. The molecule has 0 aliphatic carbocycles. The molecule has 6 nitrogen and oxygen atoms in total. The van der Waals surface area contributed by atoms with Gasteiger partial charge in [0, 0.05) is 35.8 Å². The average molecular weight is 416 g/mol. The second-order valence-corrected chi connectivity index (χ2v) is 7.63. The van der Waals surface area contributed by atoms with Gasteiger partial charge in [0.2, 0.25) is 6.79 Å². The summed E-state index contributed by atoms with van der Waals surface area (Å²) < 4.78 is 24.6. The van der Waals surface area contributed by atoms with E-state index in [0.717, 1.165) is 39.2 Å². The lowest BCUT2D eigenvalue weighted by Crippen LogP contribution is -2.23. The molecule has 0 N–H and O–H groups in total. The Morgan fingerprint density at radius 3 is 2.58 bits per heavy atom. The minimum absolute atomic E-state index is 0.0801. The molecule has 0 bridgehead atoms. The summed E-state index contributed by atoms with van der Waals surface area (Å²) in [4.78, 5) is 15.5. The zero-order valence-corrected chi connectivity index (χ0v) is 17.2. The highest BCUT2D eigenvalue weighted by atomic mass is 19.1. The van der Waals surface area contributed by atoms with Crippen LogP contribution in [-0.2, 0) is 6.54 Å². The minimum Gasteiger partial charge on any atom is -0.454 e. The van der Waals surface area contributed by atoms with Crippen molar-refractivity contribution < 1.29 is 13.9 Å². The van der Waals surface area contributed by atoms with Crippen LogP contribution >= 0.6 is 0 Å². The molecular formula is C24H21FN4O2. The summed E-state index contributed by atoms with van der Waals surface area (Å²) >= 11 is 0. The third kappa shape index (κ3) is 3.80. The van der Waals surface area contributed by atoms with E-state index in [9.17, 15) is 4.39 Å². The lowest BCUT2D eigenvalue weighted by Gasteiger charge is -2.25. The first kappa shape index (κ1) is 19.4. The lowest BCUT2D eigenvalue weighted by atomic mass is 10.0. The number of ether oxygens (including phenoxy) is 2. The molecule has 4 aromatic rings. The molecule has 31 heavy (non-hydrogen) atoms. The smallest absolute Gasteiger partial charge is 0.231 e. The number of hydrogen-bond acceptors (Lipinski definition) is 6. The second-order valence-electron chi connectivity index (χ2n) is 7.63. The number of fused-ring (bicyclic) bond motifs is 2. The number of aromatic nitrogens is 3. The van der Waals surface area contributed by atoms with E-state index in [4.69, 9.17) is 14.5 Å². The van der Waals surface area contributed by atoms with Gasteiger partial charge in [0.15, 0.2) is 11.5 Å². The van der Waals surface area contributed by atoms with Gasteiger partial charge in [-0.3, -0.25) is 4.90 Å².